The van der Waals surface area contributed by atoms with E-state index < -0.39 is 48.7 Å². The maximum absolute atomic E-state index is 12.0. The Hall–Kier alpha value is -2.38. The molecule has 2 aliphatic carbocycles. The zero-order valence-electron chi connectivity index (χ0n) is 11.0. The first kappa shape index (κ1) is 15.0. The number of amides is 2. The second kappa shape index (κ2) is 5.94. The van der Waals surface area contributed by atoms with Gasteiger partial charge in [-0.2, -0.15) is 0 Å². The lowest BCUT2D eigenvalue weighted by Gasteiger charge is -2.27. The Morgan fingerprint density at radius 2 is 1.57 bits per heavy atom. The number of nitrogens with one attached hydrogen (secondary N) is 2. The van der Waals surface area contributed by atoms with Gasteiger partial charge in [-0.3, -0.25) is 9.59 Å². The second-order valence-corrected chi connectivity index (χ2v) is 5.19. The van der Waals surface area contributed by atoms with Gasteiger partial charge < -0.3 is 30.4 Å². The summed E-state index contributed by atoms with van der Waals surface area (Å²) in [6.45, 7) is -1.06. The number of carboxylic acid groups (broad SMARTS) is 2. The first-order chi connectivity index (χ1) is 9.90. The lowest BCUT2D eigenvalue weighted by atomic mass is 9.82. The number of carboxylic acids is 2. The van der Waals surface area contributed by atoms with Crippen molar-refractivity contribution in [2.24, 2.45) is 23.7 Å². The Labute approximate surface area is 120 Å². The van der Waals surface area contributed by atoms with Crippen LogP contribution in [0.25, 0.3) is 0 Å². The highest BCUT2D eigenvalue weighted by Crippen LogP contribution is 2.47. The lowest BCUT2D eigenvalue weighted by Crippen LogP contribution is -2.47. The van der Waals surface area contributed by atoms with Crippen molar-refractivity contribution in [1.82, 2.24) is 10.6 Å². The Morgan fingerprint density at radius 3 is 2.14 bits per heavy atom. The first-order valence-corrected chi connectivity index (χ1v) is 6.53. The van der Waals surface area contributed by atoms with Crippen LogP contribution in [0.15, 0.2) is 12.2 Å². The summed E-state index contributed by atoms with van der Waals surface area (Å²) in [5.41, 5.74) is 0. The summed E-state index contributed by atoms with van der Waals surface area (Å²) in [5.74, 6) is -5.93. The molecule has 0 heterocycles. The minimum absolute atomic E-state index is 0.163. The van der Waals surface area contributed by atoms with Gasteiger partial charge in [0.05, 0.1) is 25.0 Å². The molecular formula is C13H14N2O6-2. The number of carbonyl (C=O) groups is 4. The highest BCUT2D eigenvalue weighted by atomic mass is 16.4. The second-order valence-electron chi connectivity index (χ2n) is 5.19. The van der Waals surface area contributed by atoms with Crippen molar-refractivity contribution in [2.45, 2.75) is 6.42 Å². The molecule has 4 atom stereocenters. The number of rotatable bonds is 6. The number of carbonyl (C=O) groups excluding carboxylic acids is 4. The third-order valence-corrected chi connectivity index (χ3v) is 3.89. The predicted molar refractivity (Wildman–Crippen MR) is 63.8 cm³/mol. The van der Waals surface area contributed by atoms with E-state index in [9.17, 15) is 29.4 Å². The molecule has 0 unspecified atom stereocenters. The van der Waals surface area contributed by atoms with Gasteiger partial charge in [-0.15, -0.1) is 0 Å². The van der Waals surface area contributed by atoms with Crippen molar-refractivity contribution in [3.05, 3.63) is 12.2 Å². The first-order valence-electron chi connectivity index (χ1n) is 6.53. The summed E-state index contributed by atoms with van der Waals surface area (Å²) < 4.78 is 0. The molecule has 2 rings (SSSR count). The van der Waals surface area contributed by atoms with Gasteiger partial charge in [0, 0.05) is 11.9 Å². The molecule has 0 saturated heterocycles. The van der Waals surface area contributed by atoms with E-state index >= 15 is 0 Å². The number of hydrogen-bond acceptors (Lipinski definition) is 6. The average molecular weight is 294 g/mol. The van der Waals surface area contributed by atoms with E-state index in [0.29, 0.717) is 6.42 Å². The SMILES string of the molecule is O=C([O-])CNC(=O)CNC(=O)[C@H]1[C@@H](C(=O)[O-])[C@H]2C=C[C@H]1C2. The highest BCUT2D eigenvalue weighted by Gasteiger charge is 2.48. The molecule has 8 nitrogen and oxygen atoms in total. The van der Waals surface area contributed by atoms with E-state index in [1.54, 1.807) is 6.08 Å². The van der Waals surface area contributed by atoms with Gasteiger partial charge >= 0.3 is 0 Å². The summed E-state index contributed by atoms with van der Waals surface area (Å²) in [7, 11) is 0. The van der Waals surface area contributed by atoms with Crippen molar-refractivity contribution in [3.63, 3.8) is 0 Å². The Bertz CT molecular complexity index is 515. The average Bonchev–Trinajstić information content (AvgIpc) is 3.02. The van der Waals surface area contributed by atoms with Gasteiger partial charge in [-0.25, -0.2) is 0 Å². The molecule has 2 amide bonds. The molecule has 0 radical (unpaired) electrons. The minimum Gasteiger partial charge on any atom is -0.550 e. The van der Waals surface area contributed by atoms with E-state index in [1.807, 2.05) is 11.4 Å². The van der Waals surface area contributed by atoms with E-state index in [1.165, 1.54) is 0 Å². The molecule has 8 heteroatoms. The monoisotopic (exact) mass is 294 g/mol. The quantitative estimate of drug-likeness (QED) is 0.481. The highest BCUT2D eigenvalue weighted by molar-refractivity contribution is 5.90. The number of allylic oxidation sites excluding steroid dienone is 2. The van der Waals surface area contributed by atoms with Crippen LogP contribution >= 0.6 is 0 Å². The van der Waals surface area contributed by atoms with Crippen molar-refractivity contribution in [2.75, 3.05) is 13.1 Å². The molecule has 0 aromatic rings. The Balaban J connectivity index is 1.88. The van der Waals surface area contributed by atoms with Crippen molar-refractivity contribution < 1.29 is 29.4 Å². The molecule has 0 aromatic heterocycles. The minimum atomic E-state index is -1.44. The Kier molecular flexibility index (Phi) is 4.25. The van der Waals surface area contributed by atoms with Gasteiger partial charge in [0.1, 0.15) is 0 Å². The van der Waals surface area contributed by atoms with Crippen LogP contribution in [0, 0.1) is 23.7 Å². The summed E-state index contributed by atoms with van der Waals surface area (Å²) in [6.07, 6.45) is 4.18. The van der Waals surface area contributed by atoms with Crippen LogP contribution in [-0.4, -0.2) is 36.8 Å². The van der Waals surface area contributed by atoms with Crippen LogP contribution < -0.4 is 20.8 Å². The van der Waals surface area contributed by atoms with Gasteiger partial charge in [0.25, 0.3) is 0 Å². The van der Waals surface area contributed by atoms with Gasteiger partial charge in [-0.05, 0) is 18.3 Å². The lowest BCUT2D eigenvalue weighted by molar-refractivity contribution is -0.313. The molecule has 21 heavy (non-hydrogen) atoms. The van der Waals surface area contributed by atoms with E-state index in [-0.39, 0.29) is 11.8 Å². The van der Waals surface area contributed by atoms with Crippen molar-refractivity contribution in [1.29, 1.82) is 0 Å². The number of aliphatic carboxylic acids is 2. The van der Waals surface area contributed by atoms with E-state index in [2.05, 4.69) is 5.32 Å². The third-order valence-electron chi connectivity index (χ3n) is 3.89. The molecule has 1 fully saturated rings. The summed E-state index contributed by atoms with van der Waals surface area (Å²) in [5, 5.41) is 25.7. The fourth-order valence-electron chi connectivity index (χ4n) is 3.02. The molecule has 0 aromatic carbocycles. The van der Waals surface area contributed by atoms with Crippen LogP contribution in [0.2, 0.25) is 0 Å². The third kappa shape index (κ3) is 3.21. The molecule has 2 N–H and O–H groups in total. The molecular weight excluding hydrogens is 280 g/mol. The standard InChI is InChI=1S/C13H16N2O6/c16-8(14-5-9(17)18)4-15-12(19)10-6-1-2-7(3-6)11(10)13(20)21/h1-2,6-7,10-11H,3-5H2,(H,14,16)(H,15,19)(H,17,18)(H,20,21)/p-2/t6-,7-,10+,11-/m0/s1. The van der Waals surface area contributed by atoms with Gasteiger partial charge in [0.15, 0.2) is 0 Å². The van der Waals surface area contributed by atoms with Crippen LogP contribution in [0.5, 0.6) is 0 Å². The van der Waals surface area contributed by atoms with Gasteiger partial charge in [0.2, 0.25) is 11.8 Å². The summed E-state index contributed by atoms with van der Waals surface area (Å²) in [4.78, 5) is 44.6. The van der Waals surface area contributed by atoms with Crippen molar-refractivity contribution >= 4 is 23.8 Å². The number of fused-ring (bicyclic) bond motifs is 2. The van der Waals surface area contributed by atoms with E-state index in [4.69, 9.17) is 0 Å². The molecule has 2 aliphatic rings. The Morgan fingerprint density at radius 1 is 0.952 bits per heavy atom. The van der Waals surface area contributed by atoms with Crippen molar-refractivity contribution in [3.8, 4) is 0 Å². The zero-order valence-corrected chi connectivity index (χ0v) is 11.0. The fraction of sp³-hybridized carbons (Fsp3) is 0.538. The molecule has 0 aliphatic heterocycles. The molecule has 1 saturated carbocycles. The zero-order chi connectivity index (χ0) is 15.6. The van der Waals surface area contributed by atoms with Crippen LogP contribution in [0.4, 0.5) is 0 Å². The van der Waals surface area contributed by atoms with Crippen LogP contribution in [0.1, 0.15) is 6.42 Å². The molecule has 0 spiro atoms. The van der Waals surface area contributed by atoms with E-state index in [0.717, 1.165) is 0 Å². The fourth-order valence-corrected chi connectivity index (χ4v) is 3.02. The number of hydrogen-bond donors (Lipinski definition) is 2. The maximum Gasteiger partial charge on any atom is 0.239 e. The maximum atomic E-state index is 12.0. The normalized spacial score (nSPS) is 29.1. The van der Waals surface area contributed by atoms with Crippen LogP contribution in [-0.2, 0) is 19.2 Å². The summed E-state index contributed by atoms with van der Waals surface area (Å²) >= 11 is 0. The largest absolute Gasteiger partial charge is 0.550 e. The topological polar surface area (TPSA) is 138 Å². The predicted octanol–water partition coefficient (Wildman–Crippen LogP) is -3.84. The molecule has 114 valence electrons. The van der Waals surface area contributed by atoms with Gasteiger partial charge in [-0.1, -0.05) is 12.2 Å². The molecule has 2 bridgehead atoms. The smallest absolute Gasteiger partial charge is 0.239 e. The van der Waals surface area contributed by atoms with Crippen LogP contribution in [0.3, 0.4) is 0 Å². The summed E-state index contributed by atoms with van der Waals surface area (Å²) in [6, 6.07) is 0.